The van der Waals surface area contributed by atoms with Gasteiger partial charge in [-0.3, -0.25) is 0 Å². The second kappa shape index (κ2) is 6.24. The number of rotatable bonds is 3. The Bertz CT molecular complexity index is 833. The van der Waals surface area contributed by atoms with Crippen LogP contribution in [0.4, 0.5) is 0 Å². The van der Waals surface area contributed by atoms with Crippen LogP contribution in [0.5, 0.6) is 0 Å². The molecule has 2 heterocycles. The number of benzene rings is 1. The van der Waals surface area contributed by atoms with E-state index < -0.39 is 0 Å². The fraction of sp³-hybridized carbons (Fsp3) is 0. The van der Waals surface area contributed by atoms with E-state index in [-0.39, 0.29) is 0 Å². The second-order valence-corrected chi connectivity index (χ2v) is 6.27. The van der Waals surface area contributed by atoms with Crippen LogP contribution >= 0.6 is 50.7 Å². The molecule has 0 spiro atoms. The lowest BCUT2D eigenvalue weighted by Gasteiger charge is -1.99. The molecule has 0 amide bonds. The van der Waals surface area contributed by atoms with E-state index in [0.717, 1.165) is 13.8 Å². The van der Waals surface area contributed by atoms with Gasteiger partial charge in [-0.2, -0.15) is 14.9 Å². The summed E-state index contributed by atoms with van der Waals surface area (Å²) < 4.78 is 9.16. The van der Waals surface area contributed by atoms with E-state index in [2.05, 4.69) is 53.8 Å². The summed E-state index contributed by atoms with van der Waals surface area (Å²) in [5, 5.41) is 11.3. The van der Waals surface area contributed by atoms with E-state index in [0.29, 0.717) is 16.4 Å². The molecule has 0 atom stereocenters. The van der Waals surface area contributed by atoms with Crippen molar-refractivity contribution in [3.05, 3.63) is 55.2 Å². The molecular formula is C13H8BrIN4OS. The first-order valence-corrected chi connectivity index (χ1v) is 8.15. The Balaban J connectivity index is 2.00. The minimum atomic E-state index is 0.422. The van der Waals surface area contributed by atoms with E-state index in [4.69, 9.17) is 16.6 Å². The number of aromatic nitrogens is 3. The zero-order chi connectivity index (χ0) is 14.8. The van der Waals surface area contributed by atoms with E-state index >= 15 is 0 Å². The van der Waals surface area contributed by atoms with Crippen molar-refractivity contribution in [1.82, 2.24) is 14.9 Å². The number of nitrogens with one attached hydrogen (secondary N) is 1. The van der Waals surface area contributed by atoms with Crippen LogP contribution < -0.4 is 0 Å². The van der Waals surface area contributed by atoms with Gasteiger partial charge in [0.1, 0.15) is 5.76 Å². The Morgan fingerprint density at radius 1 is 1.38 bits per heavy atom. The Morgan fingerprint density at radius 2 is 2.14 bits per heavy atom. The maximum absolute atomic E-state index is 5.51. The van der Waals surface area contributed by atoms with E-state index in [9.17, 15) is 0 Å². The minimum absolute atomic E-state index is 0.422. The molecule has 0 unspecified atom stereocenters. The van der Waals surface area contributed by atoms with Gasteiger partial charge in [-0.05, 0) is 28.1 Å². The van der Waals surface area contributed by atoms with Gasteiger partial charge in [0.25, 0.3) is 0 Å². The van der Waals surface area contributed by atoms with Crippen LogP contribution in [0.3, 0.4) is 0 Å². The van der Waals surface area contributed by atoms with Crippen molar-refractivity contribution < 1.29 is 4.42 Å². The molecular weight excluding hydrogens is 467 g/mol. The first-order chi connectivity index (χ1) is 10.1. The lowest BCUT2D eigenvalue weighted by molar-refractivity contribution is 0.529. The molecule has 0 saturated heterocycles. The summed E-state index contributed by atoms with van der Waals surface area (Å²) >= 11 is 10.7. The predicted molar refractivity (Wildman–Crippen MR) is 95.0 cm³/mol. The molecule has 3 aromatic rings. The molecule has 2 aromatic heterocycles. The lowest BCUT2D eigenvalue weighted by atomic mass is 10.2. The number of halogens is 2. The van der Waals surface area contributed by atoms with Crippen LogP contribution in [0, 0.1) is 8.54 Å². The van der Waals surface area contributed by atoms with Gasteiger partial charge in [-0.25, -0.2) is 5.10 Å². The zero-order valence-electron chi connectivity index (χ0n) is 10.5. The molecule has 21 heavy (non-hydrogen) atoms. The van der Waals surface area contributed by atoms with Gasteiger partial charge in [0.05, 0.1) is 10.7 Å². The molecule has 3 rings (SSSR count). The number of H-pyrrole nitrogens is 1. The second-order valence-electron chi connectivity index (χ2n) is 4.05. The van der Waals surface area contributed by atoms with Gasteiger partial charge in [0.2, 0.25) is 4.77 Å². The number of furan rings is 1. The zero-order valence-corrected chi connectivity index (χ0v) is 15.0. The molecule has 0 bridgehead atoms. The quantitative estimate of drug-likeness (QED) is 0.346. The highest BCUT2D eigenvalue weighted by Crippen LogP contribution is 2.22. The fourth-order valence-corrected chi connectivity index (χ4v) is 2.61. The minimum Gasteiger partial charge on any atom is -0.448 e. The summed E-state index contributed by atoms with van der Waals surface area (Å²) in [6, 6.07) is 11.6. The van der Waals surface area contributed by atoms with Crippen molar-refractivity contribution in [3.63, 3.8) is 0 Å². The van der Waals surface area contributed by atoms with Crippen molar-refractivity contribution >= 4 is 57.0 Å². The highest BCUT2D eigenvalue weighted by molar-refractivity contribution is 14.1. The molecule has 1 N–H and O–H groups in total. The maximum atomic E-state index is 5.51. The van der Waals surface area contributed by atoms with Crippen molar-refractivity contribution in [2.24, 2.45) is 5.10 Å². The Kier molecular flexibility index (Phi) is 4.36. The fourth-order valence-electron chi connectivity index (χ4n) is 1.71. The van der Waals surface area contributed by atoms with Crippen LogP contribution in [0.1, 0.15) is 5.76 Å². The van der Waals surface area contributed by atoms with Gasteiger partial charge in [0.15, 0.2) is 9.59 Å². The average molecular weight is 475 g/mol. The molecule has 106 valence electrons. The standard InChI is InChI=1S/C13H8BrIN4OS/c14-10-6-9(20-11(10)15)7-16-19-12(17-18-13(19)21)8-4-2-1-3-5-8/h1-7H,(H,18,21)/b16-7+. The first-order valence-electron chi connectivity index (χ1n) is 5.87. The highest BCUT2D eigenvalue weighted by atomic mass is 127. The maximum Gasteiger partial charge on any atom is 0.216 e. The van der Waals surface area contributed by atoms with Gasteiger partial charge in [0, 0.05) is 34.2 Å². The van der Waals surface area contributed by atoms with Crippen molar-refractivity contribution in [1.29, 1.82) is 0 Å². The average Bonchev–Trinajstić information content (AvgIpc) is 3.01. The summed E-state index contributed by atoms with van der Waals surface area (Å²) in [5.74, 6) is 1.28. The first kappa shape index (κ1) is 14.7. The number of nitrogens with zero attached hydrogens (tertiary/aromatic N) is 3. The third-order valence-corrected chi connectivity index (χ3v) is 5.04. The number of hydrogen-bond donors (Lipinski definition) is 1. The summed E-state index contributed by atoms with van der Waals surface area (Å²) in [4.78, 5) is 0. The van der Waals surface area contributed by atoms with Crippen LogP contribution in [-0.2, 0) is 0 Å². The van der Waals surface area contributed by atoms with Gasteiger partial charge < -0.3 is 4.42 Å². The van der Waals surface area contributed by atoms with Gasteiger partial charge >= 0.3 is 0 Å². The third kappa shape index (κ3) is 3.16. The predicted octanol–water partition coefficient (Wildman–Crippen LogP) is 4.45. The summed E-state index contributed by atoms with van der Waals surface area (Å²) in [7, 11) is 0. The largest absolute Gasteiger partial charge is 0.448 e. The number of aromatic amines is 1. The topological polar surface area (TPSA) is 59.1 Å². The van der Waals surface area contributed by atoms with E-state index in [1.807, 2.05) is 36.4 Å². The van der Waals surface area contributed by atoms with E-state index in [1.54, 1.807) is 10.9 Å². The monoisotopic (exact) mass is 474 g/mol. The molecule has 8 heteroatoms. The van der Waals surface area contributed by atoms with Crippen LogP contribution in [0.2, 0.25) is 0 Å². The van der Waals surface area contributed by atoms with Crippen LogP contribution in [0.15, 0.2) is 50.4 Å². The third-order valence-electron chi connectivity index (χ3n) is 2.65. The van der Waals surface area contributed by atoms with Crippen LogP contribution in [-0.4, -0.2) is 21.1 Å². The summed E-state index contributed by atoms with van der Waals surface area (Å²) in [6.45, 7) is 0. The SMILES string of the molecule is S=c1[nH]nc(-c2ccccc2)n1/N=C/c1cc(Br)c(I)o1. The Labute approximate surface area is 147 Å². The molecule has 1 aromatic carbocycles. The van der Waals surface area contributed by atoms with Gasteiger partial charge in [-0.1, -0.05) is 30.3 Å². The summed E-state index contributed by atoms with van der Waals surface area (Å²) in [5.41, 5.74) is 0.928. The smallest absolute Gasteiger partial charge is 0.216 e. The van der Waals surface area contributed by atoms with Crippen molar-refractivity contribution in [2.45, 2.75) is 0 Å². The summed E-state index contributed by atoms with van der Waals surface area (Å²) in [6.07, 6.45) is 1.60. The molecule has 5 nitrogen and oxygen atoms in total. The lowest BCUT2D eigenvalue weighted by Crippen LogP contribution is -1.94. The van der Waals surface area contributed by atoms with E-state index in [1.165, 1.54) is 0 Å². The van der Waals surface area contributed by atoms with Crippen molar-refractivity contribution in [2.75, 3.05) is 0 Å². The van der Waals surface area contributed by atoms with Gasteiger partial charge in [-0.15, -0.1) is 0 Å². The molecule has 0 radical (unpaired) electrons. The van der Waals surface area contributed by atoms with Crippen molar-refractivity contribution in [3.8, 4) is 11.4 Å². The molecule has 0 aliphatic rings. The van der Waals surface area contributed by atoms with Crippen LogP contribution in [0.25, 0.3) is 11.4 Å². The molecule has 0 fully saturated rings. The molecule has 0 saturated carbocycles. The highest BCUT2D eigenvalue weighted by Gasteiger charge is 2.08. The molecule has 0 aliphatic heterocycles. The Hall–Kier alpha value is -1.26. The number of hydrogen-bond acceptors (Lipinski definition) is 4. The molecule has 0 aliphatic carbocycles. The normalized spacial score (nSPS) is 11.3. The Morgan fingerprint density at radius 3 is 2.81 bits per heavy atom.